The Kier molecular flexibility index (Phi) is 7.62. The number of benzene rings is 1. The minimum absolute atomic E-state index is 1.34. The van der Waals surface area contributed by atoms with Crippen LogP contribution in [0.4, 0.5) is 0 Å². The second-order valence-electron chi connectivity index (χ2n) is 5.07. The van der Waals surface area contributed by atoms with Crippen LogP contribution in [0.3, 0.4) is 0 Å². The average Bonchev–Trinajstić information content (AvgIpc) is 3.00. The van der Waals surface area contributed by atoms with Crippen molar-refractivity contribution in [3.05, 3.63) is 71.8 Å². The number of fused-ring (bicyclic) bond motifs is 1. The summed E-state index contributed by atoms with van der Waals surface area (Å²) in [6, 6.07) is 21.0. The SMILES string of the molecule is C[C](C)=[Zr+2].Cc1c[cH-]c2ccccc12.Cc1cc[cH-]c1. The first-order valence-electron chi connectivity index (χ1n) is 6.82. The van der Waals surface area contributed by atoms with E-state index in [-0.39, 0.29) is 0 Å². The molecule has 20 heavy (non-hydrogen) atoms. The molecule has 0 radical (unpaired) electrons. The first kappa shape index (κ1) is 17.0. The van der Waals surface area contributed by atoms with Gasteiger partial charge in [-0.05, 0) is 0 Å². The third-order valence-electron chi connectivity index (χ3n) is 2.73. The maximum Gasteiger partial charge on any atom is -0.0809 e. The van der Waals surface area contributed by atoms with E-state index >= 15 is 0 Å². The summed E-state index contributed by atoms with van der Waals surface area (Å²) in [6.07, 6.45) is 0. The van der Waals surface area contributed by atoms with Crippen LogP contribution in [0.5, 0.6) is 0 Å². The van der Waals surface area contributed by atoms with Crippen LogP contribution in [0.15, 0.2) is 60.7 Å². The predicted molar refractivity (Wildman–Crippen MR) is 87.4 cm³/mol. The second kappa shape index (κ2) is 8.98. The minimum atomic E-state index is 1.34. The first-order chi connectivity index (χ1) is 9.50. The Bertz CT molecular complexity index is 623. The molecule has 0 aliphatic heterocycles. The molecular formula is C19H22Zr. The Morgan fingerprint density at radius 3 is 2.10 bits per heavy atom. The summed E-state index contributed by atoms with van der Waals surface area (Å²) in [4.78, 5) is 0. The van der Waals surface area contributed by atoms with Crippen molar-refractivity contribution in [3.63, 3.8) is 0 Å². The fourth-order valence-corrected chi connectivity index (χ4v) is 1.78. The van der Waals surface area contributed by atoms with Crippen molar-refractivity contribution in [1.82, 2.24) is 0 Å². The number of aryl methyl sites for hydroxylation is 2. The van der Waals surface area contributed by atoms with Crippen LogP contribution in [-0.4, -0.2) is 3.21 Å². The van der Waals surface area contributed by atoms with E-state index < -0.39 is 0 Å². The smallest absolute Gasteiger partial charge is 0.0809 e. The van der Waals surface area contributed by atoms with Crippen LogP contribution < -0.4 is 0 Å². The van der Waals surface area contributed by atoms with Gasteiger partial charge in [0.1, 0.15) is 0 Å². The second-order valence-corrected chi connectivity index (χ2v) is 7.52. The third-order valence-corrected chi connectivity index (χ3v) is 2.73. The molecule has 0 saturated carbocycles. The molecule has 1 heteroatoms. The zero-order chi connectivity index (χ0) is 15.0. The molecule has 0 aromatic heterocycles. The van der Waals surface area contributed by atoms with Gasteiger partial charge in [0.15, 0.2) is 0 Å². The van der Waals surface area contributed by atoms with Crippen molar-refractivity contribution in [3.8, 4) is 0 Å². The Balaban J connectivity index is 0.000000172. The predicted octanol–water partition coefficient (Wildman–Crippen LogP) is 5.33. The number of rotatable bonds is 0. The summed E-state index contributed by atoms with van der Waals surface area (Å²) in [7, 11) is 0. The molecule has 3 aromatic carbocycles. The van der Waals surface area contributed by atoms with E-state index in [9.17, 15) is 0 Å². The number of hydrogen-bond donors (Lipinski definition) is 0. The van der Waals surface area contributed by atoms with Crippen molar-refractivity contribution in [2.45, 2.75) is 27.7 Å². The van der Waals surface area contributed by atoms with Gasteiger partial charge in [-0.2, -0.15) is 29.8 Å². The van der Waals surface area contributed by atoms with Crippen molar-refractivity contribution in [2.24, 2.45) is 0 Å². The first-order valence-corrected chi connectivity index (χ1v) is 8.04. The van der Waals surface area contributed by atoms with E-state index in [4.69, 9.17) is 0 Å². The Morgan fingerprint density at radius 1 is 1.00 bits per heavy atom. The van der Waals surface area contributed by atoms with Gasteiger partial charge in [0.25, 0.3) is 0 Å². The van der Waals surface area contributed by atoms with Crippen molar-refractivity contribution < 1.29 is 24.2 Å². The Hall–Kier alpha value is -1.07. The maximum absolute atomic E-state index is 2.16. The molecule has 0 fully saturated rings. The molecule has 102 valence electrons. The molecule has 0 N–H and O–H groups in total. The molecule has 0 atom stereocenters. The van der Waals surface area contributed by atoms with Gasteiger partial charge in [-0.15, -0.1) is 35.0 Å². The van der Waals surface area contributed by atoms with Crippen LogP contribution in [-0.2, 0) is 24.2 Å². The van der Waals surface area contributed by atoms with Gasteiger partial charge in [-0.1, -0.05) is 19.9 Å². The fourth-order valence-electron chi connectivity index (χ4n) is 1.78. The van der Waals surface area contributed by atoms with Crippen LogP contribution >= 0.6 is 0 Å². The largest absolute Gasteiger partial charge is 0.211 e. The summed E-state index contributed by atoms with van der Waals surface area (Å²) in [5, 5.41) is 2.72. The molecule has 0 spiro atoms. The minimum Gasteiger partial charge on any atom is -0.211 e. The van der Waals surface area contributed by atoms with Gasteiger partial charge in [-0.25, -0.2) is 11.6 Å². The summed E-state index contributed by atoms with van der Waals surface area (Å²) < 4.78 is 1.51. The Morgan fingerprint density at radius 2 is 1.65 bits per heavy atom. The fraction of sp³-hybridized carbons (Fsp3) is 0.211. The molecule has 0 nitrogen and oxygen atoms in total. The van der Waals surface area contributed by atoms with Crippen LogP contribution in [0.2, 0.25) is 0 Å². The average molecular weight is 342 g/mol. The zero-order valence-corrected chi connectivity index (χ0v) is 15.2. The molecule has 0 aliphatic carbocycles. The van der Waals surface area contributed by atoms with E-state index in [1.165, 1.54) is 25.1 Å². The summed E-state index contributed by atoms with van der Waals surface area (Å²) in [5.41, 5.74) is 2.71. The van der Waals surface area contributed by atoms with Crippen molar-refractivity contribution in [2.75, 3.05) is 0 Å². The quantitative estimate of drug-likeness (QED) is 0.485. The van der Waals surface area contributed by atoms with Gasteiger partial charge in [0.2, 0.25) is 0 Å². The van der Waals surface area contributed by atoms with Gasteiger partial charge in [-0.3, -0.25) is 0 Å². The number of hydrogen-bond acceptors (Lipinski definition) is 0. The van der Waals surface area contributed by atoms with E-state index in [1.54, 1.807) is 24.2 Å². The van der Waals surface area contributed by atoms with Gasteiger partial charge < -0.3 is 0 Å². The van der Waals surface area contributed by atoms with Gasteiger partial charge >= 0.3 is 41.3 Å². The molecule has 0 unspecified atom stereocenters. The molecule has 3 aromatic rings. The molecule has 0 saturated heterocycles. The Labute approximate surface area is 137 Å². The summed E-state index contributed by atoms with van der Waals surface area (Å²) in [6.45, 7) is 8.47. The zero-order valence-electron chi connectivity index (χ0n) is 12.8. The van der Waals surface area contributed by atoms with Crippen LogP contribution in [0.1, 0.15) is 25.0 Å². The summed E-state index contributed by atoms with van der Waals surface area (Å²) >= 11 is 1.55. The molecule has 0 aliphatic rings. The molecule has 0 amide bonds. The van der Waals surface area contributed by atoms with Gasteiger partial charge in [0.05, 0.1) is 0 Å². The maximum atomic E-state index is 2.16. The third kappa shape index (κ3) is 6.39. The molecule has 0 bridgehead atoms. The van der Waals surface area contributed by atoms with Crippen LogP contribution in [0.25, 0.3) is 10.8 Å². The monoisotopic (exact) mass is 340 g/mol. The molecule has 0 heterocycles. The standard InChI is InChI=1S/C10H9.C6H7.C3H6.Zr/c1-8-6-7-9-4-2-3-5-10(8)9;1-6-4-2-3-5-6;1-3-2;/h2-7H,1H3;2-5H,1H3;1-2H3;/q2*-1;;+2. The van der Waals surface area contributed by atoms with E-state index in [1.807, 2.05) is 12.1 Å². The molecular weight excluding hydrogens is 319 g/mol. The van der Waals surface area contributed by atoms with E-state index in [0.29, 0.717) is 0 Å². The van der Waals surface area contributed by atoms with Crippen molar-refractivity contribution >= 4 is 14.0 Å². The van der Waals surface area contributed by atoms with Gasteiger partial charge in [0, 0.05) is 0 Å². The summed E-state index contributed by atoms with van der Waals surface area (Å²) in [5.74, 6) is 0. The van der Waals surface area contributed by atoms with E-state index in [0.717, 1.165) is 0 Å². The molecule has 3 rings (SSSR count). The topological polar surface area (TPSA) is 0 Å². The van der Waals surface area contributed by atoms with Crippen molar-refractivity contribution in [1.29, 1.82) is 0 Å². The normalized spacial score (nSPS) is 9.30. The van der Waals surface area contributed by atoms with Crippen LogP contribution in [0, 0.1) is 13.8 Å². The van der Waals surface area contributed by atoms with E-state index in [2.05, 4.69) is 76.2 Å².